The molecule has 0 saturated heterocycles. The van der Waals surface area contributed by atoms with Crippen molar-refractivity contribution in [1.82, 2.24) is 9.84 Å². The van der Waals surface area contributed by atoms with Gasteiger partial charge in [-0.05, 0) is 48.0 Å². The molecule has 3 aromatic carbocycles. The zero-order chi connectivity index (χ0) is 28.2. The van der Waals surface area contributed by atoms with Gasteiger partial charge in [0.1, 0.15) is 5.70 Å². The number of carbonyl (C=O) groups is 2. The number of amidine groups is 1. The standard InChI is InChI=1S/C27H26N4O7S/c1-17(32)28-20-10-12-21(13-11-20)39(34,35)30-31-26(19-8-6-5-7-9-19)29-22(27(31)33)14-18-15-23(36-2)25(38-4)24(16-18)37-3/h5-16,30H,1-4H3,(H,28,32). The average molecular weight is 551 g/mol. The van der Waals surface area contributed by atoms with E-state index in [-0.39, 0.29) is 22.3 Å². The van der Waals surface area contributed by atoms with Crippen LogP contribution in [0.2, 0.25) is 0 Å². The fourth-order valence-corrected chi connectivity index (χ4v) is 4.83. The van der Waals surface area contributed by atoms with Gasteiger partial charge < -0.3 is 19.5 Å². The molecule has 0 saturated carbocycles. The van der Waals surface area contributed by atoms with Crippen LogP contribution in [0.1, 0.15) is 18.1 Å². The maximum atomic E-state index is 13.5. The van der Waals surface area contributed by atoms with E-state index < -0.39 is 15.9 Å². The number of hydrazine groups is 1. The van der Waals surface area contributed by atoms with Crippen LogP contribution in [0, 0.1) is 0 Å². The Morgan fingerprint density at radius 3 is 2.08 bits per heavy atom. The van der Waals surface area contributed by atoms with E-state index in [4.69, 9.17) is 14.2 Å². The Morgan fingerprint density at radius 2 is 1.54 bits per heavy atom. The molecule has 39 heavy (non-hydrogen) atoms. The first-order valence-electron chi connectivity index (χ1n) is 11.6. The van der Waals surface area contributed by atoms with Crippen LogP contribution in [-0.4, -0.2) is 52.4 Å². The molecule has 2 amide bonds. The highest BCUT2D eigenvalue weighted by Gasteiger charge is 2.35. The highest BCUT2D eigenvalue weighted by molar-refractivity contribution is 7.89. The first kappa shape index (κ1) is 27.4. The Balaban J connectivity index is 1.72. The van der Waals surface area contributed by atoms with Gasteiger partial charge in [0.05, 0.1) is 26.2 Å². The van der Waals surface area contributed by atoms with E-state index in [0.29, 0.717) is 34.1 Å². The quantitative estimate of drug-likeness (QED) is 0.391. The minimum absolute atomic E-state index is 0.0215. The van der Waals surface area contributed by atoms with Gasteiger partial charge >= 0.3 is 0 Å². The van der Waals surface area contributed by atoms with E-state index in [1.807, 2.05) is 0 Å². The van der Waals surface area contributed by atoms with Crippen LogP contribution in [0.15, 0.2) is 82.3 Å². The third kappa shape index (κ3) is 5.92. The third-order valence-corrected chi connectivity index (χ3v) is 6.89. The molecule has 3 aromatic rings. The number of nitrogens with zero attached hydrogens (tertiary/aromatic N) is 2. The first-order valence-corrected chi connectivity index (χ1v) is 13.1. The summed E-state index contributed by atoms with van der Waals surface area (Å²) in [5, 5.41) is 3.46. The van der Waals surface area contributed by atoms with Crippen molar-refractivity contribution >= 4 is 39.4 Å². The smallest absolute Gasteiger partial charge is 0.293 e. The van der Waals surface area contributed by atoms with Crippen molar-refractivity contribution in [3.8, 4) is 17.2 Å². The molecular weight excluding hydrogens is 524 g/mol. The van der Waals surface area contributed by atoms with Crippen molar-refractivity contribution in [2.75, 3.05) is 26.6 Å². The molecule has 12 heteroatoms. The third-order valence-electron chi connectivity index (χ3n) is 5.58. The monoisotopic (exact) mass is 550 g/mol. The van der Waals surface area contributed by atoms with E-state index in [0.717, 1.165) is 5.01 Å². The van der Waals surface area contributed by atoms with Gasteiger partial charge in [0.2, 0.25) is 11.7 Å². The van der Waals surface area contributed by atoms with Crippen molar-refractivity contribution < 1.29 is 32.2 Å². The van der Waals surface area contributed by atoms with Crippen LogP contribution < -0.4 is 24.4 Å². The molecular formula is C27H26N4O7S. The van der Waals surface area contributed by atoms with E-state index in [1.165, 1.54) is 58.6 Å². The summed E-state index contributed by atoms with van der Waals surface area (Å²) in [6, 6.07) is 17.5. The lowest BCUT2D eigenvalue weighted by atomic mass is 10.1. The van der Waals surface area contributed by atoms with Crippen LogP contribution in [0.25, 0.3) is 6.08 Å². The second-order valence-corrected chi connectivity index (χ2v) is 9.89. The summed E-state index contributed by atoms with van der Waals surface area (Å²) >= 11 is 0. The van der Waals surface area contributed by atoms with Crippen LogP contribution in [0.3, 0.4) is 0 Å². The van der Waals surface area contributed by atoms with Crippen molar-refractivity contribution in [3.63, 3.8) is 0 Å². The second-order valence-electron chi connectivity index (χ2n) is 8.23. The van der Waals surface area contributed by atoms with Crippen molar-refractivity contribution in [1.29, 1.82) is 0 Å². The van der Waals surface area contributed by atoms with Crippen LogP contribution in [0.5, 0.6) is 17.2 Å². The number of nitrogens with one attached hydrogen (secondary N) is 2. The number of amides is 2. The summed E-state index contributed by atoms with van der Waals surface area (Å²) in [6.07, 6.45) is 1.49. The zero-order valence-corrected chi connectivity index (χ0v) is 22.4. The molecule has 2 N–H and O–H groups in total. The summed E-state index contributed by atoms with van der Waals surface area (Å²) in [6.45, 7) is 1.35. The van der Waals surface area contributed by atoms with Gasteiger partial charge in [-0.1, -0.05) is 30.3 Å². The number of rotatable bonds is 9. The number of ether oxygens (including phenoxy) is 3. The van der Waals surface area contributed by atoms with Crippen LogP contribution in [-0.2, 0) is 19.6 Å². The number of carbonyl (C=O) groups excluding carboxylic acids is 2. The largest absolute Gasteiger partial charge is 0.493 e. The molecule has 0 radical (unpaired) electrons. The molecule has 0 aliphatic carbocycles. The Bertz CT molecular complexity index is 1540. The number of benzene rings is 3. The molecule has 0 unspecified atom stereocenters. The summed E-state index contributed by atoms with van der Waals surface area (Å²) in [5.41, 5.74) is 1.44. The first-order chi connectivity index (χ1) is 18.7. The fraction of sp³-hybridized carbons (Fsp3) is 0.148. The summed E-state index contributed by atoms with van der Waals surface area (Å²) in [7, 11) is 0.211. The molecule has 0 atom stereocenters. The summed E-state index contributed by atoms with van der Waals surface area (Å²) in [5.74, 6) is 0.246. The summed E-state index contributed by atoms with van der Waals surface area (Å²) in [4.78, 5) is 31.5. The number of hydrogen-bond acceptors (Lipinski definition) is 8. The predicted molar refractivity (Wildman–Crippen MR) is 145 cm³/mol. The lowest BCUT2D eigenvalue weighted by Crippen LogP contribution is -2.47. The highest BCUT2D eigenvalue weighted by atomic mass is 32.2. The van der Waals surface area contributed by atoms with Crippen LogP contribution >= 0.6 is 0 Å². The number of methoxy groups -OCH3 is 3. The lowest BCUT2D eigenvalue weighted by Gasteiger charge is -2.19. The van der Waals surface area contributed by atoms with E-state index in [9.17, 15) is 18.0 Å². The Kier molecular flexibility index (Phi) is 7.98. The number of hydrogen-bond donors (Lipinski definition) is 2. The SMILES string of the molecule is COc1cc(C=C2N=C(c3ccccc3)N(NS(=O)(=O)c3ccc(NC(C)=O)cc3)C2=O)cc(OC)c1OC. The Morgan fingerprint density at radius 1 is 0.923 bits per heavy atom. The molecule has 1 aliphatic heterocycles. The molecule has 4 rings (SSSR count). The Labute approximate surface area is 225 Å². The van der Waals surface area contributed by atoms with E-state index >= 15 is 0 Å². The minimum atomic E-state index is -4.21. The van der Waals surface area contributed by atoms with Gasteiger partial charge in [-0.3, -0.25) is 9.59 Å². The fourth-order valence-electron chi connectivity index (χ4n) is 3.82. The number of sulfonamides is 1. The van der Waals surface area contributed by atoms with E-state index in [2.05, 4.69) is 15.1 Å². The van der Waals surface area contributed by atoms with Gasteiger partial charge in [-0.25, -0.2) is 18.4 Å². The van der Waals surface area contributed by atoms with Gasteiger partial charge in [-0.2, -0.15) is 0 Å². The maximum absolute atomic E-state index is 13.5. The molecule has 0 fully saturated rings. The predicted octanol–water partition coefficient (Wildman–Crippen LogP) is 3.19. The van der Waals surface area contributed by atoms with Gasteiger partial charge in [0.15, 0.2) is 17.3 Å². The number of anilines is 1. The maximum Gasteiger partial charge on any atom is 0.293 e. The molecule has 11 nitrogen and oxygen atoms in total. The van der Waals surface area contributed by atoms with Crippen molar-refractivity contribution in [2.45, 2.75) is 11.8 Å². The highest BCUT2D eigenvalue weighted by Crippen LogP contribution is 2.39. The molecule has 1 heterocycles. The molecule has 0 aromatic heterocycles. The normalized spacial score (nSPS) is 14.3. The average Bonchev–Trinajstić information content (AvgIpc) is 3.22. The van der Waals surface area contributed by atoms with Crippen molar-refractivity contribution in [2.24, 2.45) is 4.99 Å². The van der Waals surface area contributed by atoms with Crippen molar-refractivity contribution in [3.05, 3.63) is 83.6 Å². The molecule has 1 aliphatic rings. The Hall–Kier alpha value is -4.68. The second kappa shape index (κ2) is 11.4. The number of aliphatic imine (C=N–C) groups is 1. The van der Waals surface area contributed by atoms with E-state index in [1.54, 1.807) is 42.5 Å². The van der Waals surface area contributed by atoms with Crippen LogP contribution in [0.4, 0.5) is 5.69 Å². The summed E-state index contributed by atoms with van der Waals surface area (Å²) < 4.78 is 42.6. The minimum Gasteiger partial charge on any atom is -0.493 e. The van der Waals surface area contributed by atoms with Gasteiger partial charge in [0.25, 0.3) is 15.9 Å². The lowest BCUT2D eigenvalue weighted by molar-refractivity contribution is -0.123. The molecule has 0 spiro atoms. The zero-order valence-electron chi connectivity index (χ0n) is 21.6. The topological polar surface area (TPSA) is 136 Å². The van der Waals surface area contributed by atoms with Gasteiger partial charge in [-0.15, -0.1) is 4.83 Å². The van der Waals surface area contributed by atoms with Gasteiger partial charge in [0, 0.05) is 18.2 Å². The molecule has 0 bridgehead atoms. The molecule has 202 valence electrons.